The van der Waals surface area contributed by atoms with Crippen LogP contribution in [-0.4, -0.2) is 28.6 Å². The minimum atomic E-state index is 0.763. The van der Waals surface area contributed by atoms with Crippen LogP contribution in [0.2, 0.25) is 0 Å². The molecule has 0 amide bonds. The Morgan fingerprint density at radius 3 is 2.57 bits per heavy atom. The van der Waals surface area contributed by atoms with Crippen LogP contribution in [0.4, 0.5) is 5.69 Å². The molecule has 0 saturated heterocycles. The molecule has 0 N–H and O–H groups in total. The topological polar surface area (TPSA) is 34.0 Å². The van der Waals surface area contributed by atoms with E-state index in [0.29, 0.717) is 0 Å². The fraction of sp³-hybridized carbons (Fsp3) is 0.158. The number of fused-ring (bicyclic) bond motifs is 3. The van der Waals surface area contributed by atoms with Crippen LogP contribution in [0.5, 0.6) is 0 Å². The summed E-state index contributed by atoms with van der Waals surface area (Å²) in [7, 11) is 4.02. The number of rotatable bonds is 2. The number of allylic oxidation sites excluding steroid dienone is 4. The number of nitrogens with zero attached hydrogens (tertiary/aromatic N) is 4. The fourth-order valence-corrected chi connectivity index (χ4v) is 3.01. The van der Waals surface area contributed by atoms with Crippen LogP contribution in [0.3, 0.4) is 0 Å². The van der Waals surface area contributed by atoms with Crippen molar-refractivity contribution in [3.63, 3.8) is 0 Å². The summed E-state index contributed by atoms with van der Waals surface area (Å²) in [6.45, 7) is 8.46. The number of para-hydroxylation sites is 1. The van der Waals surface area contributed by atoms with Gasteiger partial charge in [-0.15, -0.1) is 5.10 Å². The number of hydrogen-bond donors (Lipinski definition) is 0. The van der Waals surface area contributed by atoms with Crippen LogP contribution in [0, 0.1) is 0 Å². The van der Waals surface area contributed by atoms with Crippen molar-refractivity contribution < 1.29 is 0 Å². The van der Waals surface area contributed by atoms with Gasteiger partial charge >= 0.3 is 0 Å². The molecule has 0 fully saturated rings. The molecule has 116 valence electrons. The average Bonchev–Trinajstić information content (AvgIpc) is 2.92. The van der Waals surface area contributed by atoms with Gasteiger partial charge in [-0.3, -0.25) is 0 Å². The largest absolute Gasteiger partial charge is 0.370 e. The van der Waals surface area contributed by atoms with E-state index in [4.69, 9.17) is 0 Å². The lowest BCUT2D eigenvalue weighted by Crippen LogP contribution is -2.23. The molecule has 0 atom stereocenters. The summed E-state index contributed by atoms with van der Waals surface area (Å²) in [5, 5.41) is 8.67. The minimum absolute atomic E-state index is 0.763. The Balaban J connectivity index is 2.37. The molecule has 4 heteroatoms. The highest BCUT2D eigenvalue weighted by molar-refractivity contribution is 5.91. The van der Waals surface area contributed by atoms with E-state index in [-0.39, 0.29) is 0 Å². The first-order valence-electron chi connectivity index (χ1n) is 7.52. The van der Waals surface area contributed by atoms with E-state index in [9.17, 15) is 0 Å². The van der Waals surface area contributed by atoms with Gasteiger partial charge in [-0.1, -0.05) is 60.9 Å². The first-order chi connectivity index (χ1) is 11.2. The number of hydrogen-bond acceptors (Lipinski definition) is 3. The summed E-state index contributed by atoms with van der Waals surface area (Å²) in [5.74, 6) is 0. The summed E-state index contributed by atoms with van der Waals surface area (Å²) < 4.78 is 1.83. The van der Waals surface area contributed by atoms with Crippen molar-refractivity contribution in [2.24, 2.45) is 7.05 Å². The molecule has 4 nitrogen and oxygen atoms in total. The molecule has 3 rings (SSSR count). The Hall–Kier alpha value is -2.88. The molecule has 1 aromatic heterocycles. The van der Waals surface area contributed by atoms with E-state index >= 15 is 0 Å². The molecular weight excluding hydrogens is 284 g/mol. The summed E-state index contributed by atoms with van der Waals surface area (Å²) in [5.41, 5.74) is 6.34. The second kappa shape index (κ2) is 6.08. The molecule has 2 heterocycles. The zero-order chi connectivity index (χ0) is 16.4. The molecule has 23 heavy (non-hydrogen) atoms. The number of benzene rings is 1. The highest BCUT2D eigenvalue weighted by Gasteiger charge is 2.25. The van der Waals surface area contributed by atoms with E-state index in [0.717, 1.165) is 40.3 Å². The second-order valence-electron chi connectivity index (χ2n) is 5.53. The first kappa shape index (κ1) is 15.0. The third-order valence-corrected chi connectivity index (χ3v) is 4.01. The summed E-state index contributed by atoms with van der Waals surface area (Å²) in [6.07, 6.45) is 7.62. The van der Waals surface area contributed by atoms with Crippen molar-refractivity contribution in [3.05, 3.63) is 73.0 Å². The lowest BCUT2D eigenvalue weighted by atomic mass is 9.94. The van der Waals surface area contributed by atoms with Gasteiger partial charge in [0, 0.05) is 37.5 Å². The number of likely N-dealkylation sites (N-methyl/N-ethyl adjacent to an activating group) is 1. The van der Waals surface area contributed by atoms with Crippen LogP contribution < -0.4 is 4.90 Å². The van der Waals surface area contributed by atoms with Gasteiger partial charge in [0.1, 0.15) is 5.69 Å². The maximum Gasteiger partial charge on any atom is 0.121 e. The maximum atomic E-state index is 4.42. The SMILES string of the molecule is C=C/C=C1/CN(C)c2ccccc2-c2c(nnn2C)/C1=C/C=C. The Morgan fingerprint density at radius 1 is 1.09 bits per heavy atom. The predicted octanol–water partition coefficient (Wildman–Crippen LogP) is 3.61. The lowest BCUT2D eigenvalue weighted by Gasteiger charge is -2.27. The van der Waals surface area contributed by atoms with Gasteiger partial charge < -0.3 is 4.90 Å². The Labute approximate surface area is 136 Å². The number of aryl methyl sites for hydroxylation is 1. The van der Waals surface area contributed by atoms with Gasteiger partial charge in [0.05, 0.1) is 5.69 Å². The van der Waals surface area contributed by atoms with Crippen LogP contribution in [0.25, 0.3) is 16.8 Å². The molecule has 0 radical (unpaired) electrons. The molecule has 1 aliphatic rings. The van der Waals surface area contributed by atoms with Crippen molar-refractivity contribution in [1.29, 1.82) is 0 Å². The van der Waals surface area contributed by atoms with Crippen molar-refractivity contribution in [2.75, 3.05) is 18.5 Å². The standard InChI is InChI=1S/C19H20N4/c1-5-9-14-13-22(3)17-12-8-7-11-16(17)19-18(15(14)10-6-2)20-21-23(19)4/h5-12H,1-2,13H2,3-4H3/b14-9-,15-10+. The van der Waals surface area contributed by atoms with Gasteiger partial charge in [0.25, 0.3) is 0 Å². The zero-order valence-corrected chi connectivity index (χ0v) is 13.5. The van der Waals surface area contributed by atoms with Gasteiger partial charge in [-0.25, -0.2) is 4.68 Å². The molecule has 0 bridgehead atoms. The van der Waals surface area contributed by atoms with Crippen molar-refractivity contribution >= 4 is 11.3 Å². The molecule has 0 unspecified atom stereocenters. The first-order valence-corrected chi connectivity index (χ1v) is 7.52. The smallest absolute Gasteiger partial charge is 0.121 e. The van der Waals surface area contributed by atoms with Crippen LogP contribution in [-0.2, 0) is 7.05 Å². The predicted molar refractivity (Wildman–Crippen MR) is 96.2 cm³/mol. The van der Waals surface area contributed by atoms with Gasteiger partial charge in [0.15, 0.2) is 0 Å². The molecule has 1 aliphatic heterocycles. The third kappa shape index (κ3) is 2.52. The van der Waals surface area contributed by atoms with E-state index in [1.807, 2.05) is 36.0 Å². The zero-order valence-electron chi connectivity index (χ0n) is 13.5. The average molecular weight is 304 g/mol. The monoisotopic (exact) mass is 304 g/mol. The fourth-order valence-electron chi connectivity index (χ4n) is 3.01. The summed E-state index contributed by atoms with van der Waals surface area (Å²) in [4.78, 5) is 2.23. The van der Waals surface area contributed by atoms with Crippen LogP contribution in [0.1, 0.15) is 5.69 Å². The van der Waals surface area contributed by atoms with Crippen molar-refractivity contribution in [3.8, 4) is 11.3 Å². The minimum Gasteiger partial charge on any atom is -0.370 e. The highest BCUT2D eigenvalue weighted by atomic mass is 15.4. The molecule has 2 aromatic rings. The van der Waals surface area contributed by atoms with Crippen molar-refractivity contribution in [1.82, 2.24) is 15.0 Å². The van der Waals surface area contributed by atoms with E-state index in [1.54, 1.807) is 6.08 Å². The van der Waals surface area contributed by atoms with Gasteiger partial charge in [0.2, 0.25) is 0 Å². The van der Waals surface area contributed by atoms with Crippen molar-refractivity contribution in [2.45, 2.75) is 0 Å². The van der Waals surface area contributed by atoms with Crippen LogP contribution >= 0.6 is 0 Å². The molecule has 1 aromatic carbocycles. The Morgan fingerprint density at radius 2 is 1.83 bits per heavy atom. The molecule has 0 saturated carbocycles. The Kier molecular flexibility index (Phi) is 3.98. The van der Waals surface area contributed by atoms with E-state index < -0.39 is 0 Å². The lowest BCUT2D eigenvalue weighted by molar-refractivity contribution is 0.720. The quantitative estimate of drug-likeness (QED) is 0.850. The highest BCUT2D eigenvalue weighted by Crippen LogP contribution is 2.39. The molecule has 0 aliphatic carbocycles. The van der Waals surface area contributed by atoms with Gasteiger partial charge in [-0.2, -0.15) is 0 Å². The van der Waals surface area contributed by atoms with Crippen LogP contribution in [0.15, 0.2) is 67.3 Å². The van der Waals surface area contributed by atoms with E-state index in [2.05, 4.69) is 53.6 Å². The number of anilines is 1. The molecule has 0 spiro atoms. The molecular formula is C19H20N4. The van der Waals surface area contributed by atoms with E-state index in [1.165, 1.54) is 0 Å². The summed E-state index contributed by atoms with van der Waals surface area (Å²) in [6, 6.07) is 8.34. The number of aromatic nitrogens is 3. The van der Waals surface area contributed by atoms with Gasteiger partial charge in [-0.05, 0) is 11.6 Å². The summed E-state index contributed by atoms with van der Waals surface area (Å²) >= 11 is 0. The second-order valence-corrected chi connectivity index (χ2v) is 5.53. The third-order valence-electron chi connectivity index (χ3n) is 4.01. The maximum absolute atomic E-state index is 4.42. The normalized spacial score (nSPS) is 17.4. The Bertz CT molecular complexity index is 824.